The van der Waals surface area contributed by atoms with Crippen molar-refractivity contribution in [2.45, 2.75) is 155 Å². The Balaban J connectivity index is 1.08. The van der Waals surface area contributed by atoms with Gasteiger partial charge in [0.1, 0.15) is 58.1 Å². The van der Waals surface area contributed by atoms with E-state index in [1.807, 2.05) is 97.1 Å². The fourth-order valence-corrected chi connectivity index (χ4v) is 14.6. The number of ether oxygens (including phenoxy) is 10. The molecule has 4 saturated heterocycles. The molecule has 9 aromatic rings. The number of carbonyl (C=O) groups excluding carboxylic acids is 6. The number of hydrogen-bond acceptors (Lipinski definition) is 16. The first-order chi connectivity index (χ1) is 50.4. The van der Waals surface area contributed by atoms with Crippen LogP contribution in [0.3, 0.4) is 0 Å². The molecule has 0 saturated carbocycles. The molecule has 6 aliphatic rings. The Morgan fingerprint density at radius 1 is 0.368 bits per heavy atom. The Bertz CT molecular complexity index is 4380. The Morgan fingerprint density at radius 2 is 0.585 bits per heavy atom. The normalized spacial score (nSPS) is 19.0. The van der Waals surface area contributed by atoms with E-state index in [1.54, 1.807) is 47.9 Å². The molecule has 0 radical (unpaired) electrons. The zero-order valence-electron chi connectivity index (χ0n) is 62.8. The van der Waals surface area contributed by atoms with Crippen LogP contribution in [-0.2, 0) is 59.7 Å². The predicted octanol–water partition coefficient (Wildman–Crippen LogP) is 15.4. The molecular formula is C86H92N4O16. The third kappa shape index (κ3) is 14.0. The summed E-state index contributed by atoms with van der Waals surface area (Å²) in [6.07, 6.45) is -0.985. The van der Waals surface area contributed by atoms with Crippen LogP contribution in [0.25, 0.3) is 43.1 Å². The summed E-state index contributed by atoms with van der Waals surface area (Å²) in [5, 5.41) is 2.14. The van der Waals surface area contributed by atoms with Crippen molar-refractivity contribution in [3.63, 3.8) is 0 Å². The first-order valence-corrected chi connectivity index (χ1v) is 36.9. The molecular weight excluding hydrogens is 1340 g/mol. The highest BCUT2D eigenvalue weighted by atomic mass is 16.6. The molecule has 6 atom stereocenters. The lowest BCUT2D eigenvalue weighted by atomic mass is 9.80. The maximum atomic E-state index is 16.6. The van der Waals surface area contributed by atoms with Gasteiger partial charge < -0.3 is 57.2 Å². The van der Waals surface area contributed by atoms with Gasteiger partial charge in [-0.05, 0) is 131 Å². The van der Waals surface area contributed by atoms with Crippen molar-refractivity contribution < 1.29 is 76.1 Å². The van der Waals surface area contributed by atoms with Crippen molar-refractivity contribution in [1.29, 1.82) is 0 Å². The fraction of sp³-hybridized carbons (Fsp3) is 0.419. The van der Waals surface area contributed by atoms with Crippen LogP contribution < -0.4 is 18.9 Å². The van der Waals surface area contributed by atoms with Gasteiger partial charge in [-0.2, -0.15) is 0 Å². The molecule has 9 aromatic carbocycles. The zero-order valence-corrected chi connectivity index (χ0v) is 62.8. The molecule has 0 bridgehead atoms. The van der Waals surface area contributed by atoms with E-state index in [1.165, 1.54) is 0 Å². The first-order valence-electron chi connectivity index (χ1n) is 36.9. The van der Waals surface area contributed by atoms with E-state index >= 15 is 28.8 Å². The number of amides is 6. The molecule has 20 nitrogen and oxygen atoms in total. The average molecular weight is 1440 g/mol. The molecule has 6 unspecified atom stereocenters. The van der Waals surface area contributed by atoms with E-state index in [9.17, 15) is 0 Å². The van der Waals surface area contributed by atoms with Crippen LogP contribution >= 0.6 is 0 Å². The van der Waals surface area contributed by atoms with E-state index in [0.29, 0.717) is 81.7 Å². The minimum atomic E-state index is -1.48. The molecule has 0 aliphatic carbocycles. The first kappa shape index (κ1) is 72.0. The number of hydrogen-bond donors (Lipinski definition) is 0. The number of benzene rings is 9. The van der Waals surface area contributed by atoms with Gasteiger partial charge in [0.05, 0.1) is 86.3 Å². The monoisotopic (exact) mass is 1440 g/mol. The van der Waals surface area contributed by atoms with E-state index in [0.717, 1.165) is 32.1 Å². The number of rotatable bonds is 26. The van der Waals surface area contributed by atoms with Crippen LogP contribution in [0.15, 0.2) is 121 Å². The van der Waals surface area contributed by atoms with Crippen LogP contribution in [0.5, 0.6) is 46.0 Å². The van der Waals surface area contributed by atoms with Crippen molar-refractivity contribution >= 4 is 78.5 Å². The van der Waals surface area contributed by atoms with Gasteiger partial charge in [-0.3, -0.25) is 38.6 Å². The Hall–Kier alpha value is -9.54. The molecule has 6 amide bonds. The third-order valence-electron chi connectivity index (χ3n) is 20.8. The molecule has 0 aromatic heterocycles. The Kier molecular flexibility index (Phi) is 18.6. The van der Waals surface area contributed by atoms with Crippen molar-refractivity contribution in [2.24, 2.45) is 0 Å². The maximum Gasteiger partial charge on any atom is 0.262 e. The quantitative estimate of drug-likeness (QED) is 0.0213. The van der Waals surface area contributed by atoms with Crippen LogP contribution in [0.4, 0.5) is 0 Å². The number of imide groups is 2. The summed E-state index contributed by atoms with van der Waals surface area (Å²) in [4.78, 5) is 103. The molecule has 6 heterocycles. The summed E-state index contributed by atoms with van der Waals surface area (Å²) < 4.78 is 64.5. The fourth-order valence-electron chi connectivity index (χ4n) is 14.6. The Morgan fingerprint density at radius 3 is 0.774 bits per heavy atom. The highest BCUT2D eigenvalue weighted by Crippen LogP contribution is 2.58. The Labute approximate surface area is 617 Å². The van der Waals surface area contributed by atoms with Gasteiger partial charge in [0, 0.05) is 82.5 Å². The molecule has 552 valence electrons. The third-order valence-corrected chi connectivity index (χ3v) is 20.8. The smallest absolute Gasteiger partial charge is 0.262 e. The van der Waals surface area contributed by atoms with Crippen molar-refractivity contribution in [1.82, 2.24) is 19.6 Å². The number of carbonyl (C=O) groups is 6. The van der Waals surface area contributed by atoms with Crippen molar-refractivity contribution in [2.75, 3.05) is 79.0 Å². The minimum Gasteiger partial charge on any atom is -0.457 e. The highest BCUT2D eigenvalue weighted by Gasteiger charge is 2.49. The van der Waals surface area contributed by atoms with Gasteiger partial charge in [-0.25, -0.2) is 0 Å². The average Bonchev–Trinajstić information content (AvgIpc) is 1.29. The lowest BCUT2D eigenvalue weighted by Crippen LogP contribution is -2.57. The molecule has 4 fully saturated rings. The van der Waals surface area contributed by atoms with Gasteiger partial charge in [-0.15, -0.1) is 0 Å². The van der Waals surface area contributed by atoms with Crippen molar-refractivity contribution in [3.05, 3.63) is 166 Å². The summed E-state index contributed by atoms with van der Waals surface area (Å²) in [6.45, 7) is 31.1. The minimum absolute atomic E-state index is 0.00459. The maximum absolute atomic E-state index is 16.6. The number of fused-ring (bicyclic) bond motifs is 2. The van der Waals surface area contributed by atoms with Gasteiger partial charge in [0.25, 0.3) is 23.6 Å². The second-order valence-electron chi connectivity index (χ2n) is 32.8. The van der Waals surface area contributed by atoms with Gasteiger partial charge in [0.15, 0.2) is 0 Å². The van der Waals surface area contributed by atoms with Crippen LogP contribution in [0.1, 0.15) is 161 Å². The lowest BCUT2D eigenvalue weighted by molar-refractivity contribution is -0.138. The molecule has 6 aliphatic heterocycles. The molecule has 106 heavy (non-hydrogen) atoms. The van der Waals surface area contributed by atoms with Crippen LogP contribution in [0.2, 0.25) is 0 Å². The number of nitrogens with zero attached hydrogens (tertiary/aromatic N) is 4. The van der Waals surface area contributed by atoms with E-state index < -0.39 is 47.5 Å². The van der Waals surface area contributed by atoms with Gasteiger partial charge in [-0.1, -0.05) is 132 Å². The van der Waals surface area contributed by atoms with E-state index in [-0.39, 0.29) is 155 Å². The summed E-state index contributed by atoms with van der Waals surface area (Å²) in [5.74, 6) is -2.46. The highest BCUT2D eigenvalue weighted by molar-refractivity contribution is 6.45. The summed E-state index contributed by atoms with van der Waals surface area (Å²) >= 11 is 0. The molecule has 15 rings (SSSR count). The second kappa shape index (κ2) is 27.4. The SMILES string of the molecule is CCOCC(C(=O)N(CC1CO1)CC1CO1)N1C(=O)c2cc(Oc3ccc(C(C)(C)C)cc3)c3c4c(Oc5ccc(C(C)(C)C)cc5)cc5c6c(cc(Oc7ccc(C(C)(C)C)cc7)c(c7c(Oc8ccc(C(C)(C)C)cc8)cc(c2c37)C1=O)c64)C(=O)N(C(COCC)C(=O)N(CC1CO1)CC1CO1)C5=O. The van der Waals surface area contributed by atoms with Crippen LogP contribution in [-0.4, -0.2) is 171 Å². The molecule has 20 heteroatoms. The largest absolute Gasteiger partial charge is 0.457 e. The van der Waals surface area contributed by atoms with Crippen molar-refractivity contribution in [3.8, 4) is 46.0 Å². The van der Waals surface area contributed by atoms with Crippen LogP contribution in [0, 0.1) is 0 Å². The second-order valence-corrected chi connectivity index (χ2v) is 32.8. The van der Waals surface area contributed by atoms with E-state index in [2.05, 4.69) is 83.1 Å². The molecule has 0 N–H and O–H groups in total. The number of epoxide rings is 4. The summed E-state index contributed by atoms with van der Waals surface area (Å²) in [5.41, 5.74) is 3.02. The zero-order chi connectivity index (χ0) is 74.8. The van der Waals surface area contributed by atoms with E-state index in [4.69, 9.17) is 47.4 Å². The summed E-state index contributed by atoms with van der Waals surface area (Å²) in [7, 11) is 0. The lowest BCUT2D eigenvalue weighted by Gasteiger charge is -2.37. The molecule has 0 spiro atoms. The standard InChI is InChI=1S/C86H92N4O16/c1-15-97-45-63(81(95)87(37-55-41-99-55)38-56-42-100-56)89-77(91)59-33-65(103-51-25-17-47(18-26-51)83(3,4)5)71-73-67(105-53-29-21-49(22-30-53)85(9,10)11)35-61-70-62(80(94)90(79(61)93)64(46-98-16-2)82(96)88(39-57-43-101-57)40-58-44-102-58)36-68(106-54-31-23-50(24-32-54)86(12,13)14)74(76(70)73)72-66(34-60(78(89)92)69(59)75(71)72)104-52-27-19-48(20-28-52)84(6,7)8/h17-36,55-58,63-64H,15-16,37-46H2,1-14H3. The topological polar surface area (TPSA) is 221 Å². The predicted molar refractivity (Wildman–Crippen MR) is 402 cm³/mol. The van der Waals surface area contributed by atoms with Gasteiger partial charge >= 0.3 is 0 Å². The van der Waals surface area contributed by atoms with Gasteiger partial charge in [0.2, 0.25) is 11.8 Å². The summed E-state index contributed by atoms with van der Waals surface area (Å²) in [6, 6.07) is 34.1.